The summed E-state index contributed by atoms with van der Waals surface area (Å²) in [7, 11) is 0. The van der Waals surface area contributed by atoms with Crippen molar-refractivity contribution >= 4 is 11.6 Å². The first-order valence-corrected chi connectivity index (χ1v) is 6.41. The van der Waals surface area contributed by atoms with Crippen LogP contribution >= 0.6 is 11.6 Å². The number of unbranched alkanes of at least 4 members (excludes halogenated alkanes) is 1. The third-order valence-corrected chi connectivity index (χ3v) is 2.64. The van der Waals surface area contributed by atoms with Crippen LogP contribution in [0.25, 0.3) is 0 Å². The van der Waals surface area contributed by atoms with E-state index in [0.717, 1.165) is 32.4 Å². The molecule has 0 saturated carbocycles. The van der Waals surface area contributed by atoms with E-state index in [2.05, 4.69) is 12.2 Å². The van der Waals surface area contributed by atoms with E-state index in [1.807, 2.05) is 0 Å². The molecule has 0 bridgehead atoms. The van der Waals surface area contributed by atoms with Gasteiger partial charge in [0.25, 0.3) is 0 Å². The van der Waals surface area contributed by atoms with Gasteiger partial charge in [-0.3, -0.25) is 0 Å². The number of hydrogen-bond acceptors (Lipinski definition) is 2. The molecule has 17 heavy (non-hydrogen) atoms. The van der Waals surface area contributed by atoms with Gasteiger partial charge >= 0.3 is 0 Å². The van der Waals surface area contributed by atoms with Crippen molar-refractivity contribution in [1.29, 1.82) is 0 Å². The molecular formula is C13H19ClFNO. The minimum absolute atomic E-state index is 0.104. The van der Waals surface area contributed by atoms with Gasteiger partial charge in [0.05, 0.1) is 11.6 Å². The average molecular weight is 260 g/mol. The van der Waals surface area contributed by atoms with Crippen LogP contribution in [0, 0.1) is 5.82 Å². The lowest BCUT2D eigenvalue weighted by molar-refractivity contribution is 0.291. The standard InChI is InChI=1S/C13H19ClFNO/c1-2-8-16-9-3-4-10-17-12-7-5-6-11(14)13(12)15/h5-7,16H,2-4,8-10H2,1H3. The molecule has 0 fully saturated rings. The molecule has 0 unspecified atom stereocenters. The molecule has 1 N–H and O–H groups in total. The van der Waals surface area contributed by atoms with Crippen molar-refractivity contribution in [3.63, 3.8) is 0 Å². The molecule has 0 saturated heterocycles. The fraction of sp³-hybridized carbons (Fsp3) is 0.538. The van der Waals surface area contributed by atoms with Crippen molar-refractivity contribution in [3.05, 3.63) is 29.0 Å². The quantitative estimate of drug-likeness (QED) is 0.720. The Hall–Kier alpha value is -0.800. The second kappa shape index (κ2) is 8.31. The molecule has 2 nitrogen and oxygen atoms in total. The monoisotopic (exact) mass is 259 g/mol. The minimum atomic E-state index is -0.474. The van der Waals surface area contributed by atoms with Crippen LogP contribution in [0.5, 0.6) is 5.75 Å². The van der Waals surface area contributed by atoms with E-state index >= 15 is 0 Å². The molecule has 1 rings (SSSR count). The molecular weight excluding hydrogens is 241 g/mol. The van der Waals surface area contributed by atoms with Crippen molar-refractivity contribution in [2.75, 3.05) is 19.7 Å². The lowest BCUT2D eigenvalue weighted by Crippen LogP contribution is -2.16. The minimum Gasteiger partial charge on any atom is -0.490 e. The van der Waals surface area contributed by atoms with Gasteiger partial charge in [-0.25, -0.2) is 4.39 Å². The van der Waals surface area contributed by atoms with Crippen molar-refractivity contribution in [2.24, 2.45) is 0 Å². The SMILES string of the molecule is CCCNCCCCOc1cccc(Cl)c1F. The summed E-state index contributed by atoms with van der Waals surface area (Å²) < 4.78 is 18.7. The maximum Gasteiger partial charge on any atom is 0.183 e. The molecule has 4 heteroatoms. The Morgan fingerprint density at radius 2 is 2.12 bits per heavy atom. The van der Waals surface area contributed by atoms with E-state index in [1.165, 1.54) is 6.07 Å². The molecule has 1 aromatic carbocycles. The van der Waals surface area contributed by atoms with Crippen molar-refractivity contribution in [2.45, 2.75) is 26.2 Å². The number of benzene rings is 1. The summed E-state index contributed by atoms with van der Waals surface area (Å²) in [5.41, 5.74) is 0. The van der Waals surface area contributed by atoms with Crippen molar-refractivity contribution < 1.29 is 9.13 Å². The number of nitrogens with one attached hydrogen (secondary N) is 1. The first-order chi connectivity index (χ1) is 8.25. The molecule has 0 aromatic heterocycles. The molecule has 96 valence electrons. The van der Waals surface area contributed by atoms with E-state index < -0.39 is 5.82 Å². The molecule has 0 radical (unpaired) electrons. The van der Waals surface area contributed by atoms with Crippen LogP contribution in [0.4, 0.5) is 4.39 Å². The van der Waals surface area contributed by atoms with Crippen LogP contribution in [0.2, 0.25) is 5.02 Å². The topological polar surface area (TPSA) is 21.3 Å². The second-order valence-electron chi connectivity index (χ2n) is 3.86. The van der Waals surface area contributed by atoms with E-state index in [0.29, 0.717) is 6.61 Å². The van der Waals surface area contributed by atoms with Crippen LogP contribution < -0.4 is 10.1 Å². The van der Waals surface area contributed by atoms with Gasteiger partial charge in [0.2, 0.25) is 0 Å². The van der Waals surface area contributed by atoms with Crippen LogP contribution in [0.1, 0.15) is 26.2 Å². The van der Waals surface area contributed by atoms with Crippen LogP contribution in [0.3, 0.4) is 0 Å². The van der Waals surface area contributed by atoms with E-state index in [1.54, 1.807) is 12.1 Å². The summed E-state index contributed by atoms with van der Waals surface area (Å²) in [6.45, 7) is 4.68. The first kappa shape index (κ1) is 14.3. The van der Waals surface area contributed by atoms with Gasteiger partial charge in [0.1, 0.15) is 0 Å². The summed E-state index contributed by atoms with van der Waals surface area (Å²) >= 11 is 5.65. The zero-order chi connectivity index (χ0) is 12.5. The molecule has 0 aliphatic heterocycles. The Kier molecular flexibility index (Phi) is 6.97. The average Bonchev–Trinajstić information content (AvgIpc) is 2.33. The predicted molar refractivity (Wildman–Crippen MR) is 69.3 cm³/mol. The molecule has 0 atom stereocenters. The Morgan fingerprint density at radius 3 is 2.88 bits per heavy atom. The van der Waals surface area contributed by atoms with Gasteiger partial charge in [0.15, 0.2) is 11.6 Å². The highest BCUT2D eigenvalue weighted by Gasteiger charge is 2.06. The highest BCUT2D eigenvalue weighted by Crippen LogP contribution is 2.24. The van der Waals surface area contributed by atoms with Crippen LogP contribution in [0.15, 0.2) is 18.2 Å². The number of halogens is 2. The van der Waals surface area contributed by atoms with E-state index in [4.69, 9.17) is 16.3 Å². The van der Waals surface area contributed by atoms with Crippen LogP contribution in [-0.4, -0.2) is 19.7 Å². The fourth-order valence-electron chi connectivity index (χ4n) is 1.43. The van der Waals surface area contributed by atoms with Crippen molar-refractivity contribution in [3.8, 4) is 5.75 Å². The molecule has 0 aliphatic rings. The maximum absolute atomic E-state index is 13.4. The van der Waals surface area contributed by atoms with E-state index in [9.17, 15) is 4.39 Å². The summed E-state index contributed by atoms with van der Waals surface area (Å²) in [5.74, 6) is -0.239. The van der Waals surface area contributed by atoms with Gasteiger partial charge in [0, 0.05) is 0 Å². The Morgan fingerprint density at radius 1 is 1.29 bits per heavy atom. The fourth-order valence-corrected chi connectivity index (χ4v) is 1.60. The Labute approximate surface area is 107 Å². The summed E-state index contributed by atoms with van der Waals surface area (Å²) in [6.07, 6.45) is 3.08. The van der Waals surface area contributed by atoms with E-state index in [-0.39, 0.29) is 10.8 Å². The Balaban J connectivity index is 2.16. The summed E-state index contributed by atoms with van der Waals surface area (Å²) in [5, 5.41) is 3.41. The predicted octanol–water partition coefficient (Wildman–Crippen LogP) is 3.64. The van der Waals surface area contributed by atoms with Gasteiger partial charge in [-0.1, -0.05) is 24.6 Å². The number of rotatable bonds is 8. The highest BCUT2D eigenvalue weighted by molar-refractivity contribution is 6.30. The van der Waals surface area contributed by atoms with Gasteiger partial charge < -0.3 is 10.1 Å². The van der Waals surface area contributed by atoms with Crippen LogP contribution in [-0.2, 0) is 0 Å². The largest absolute Gasteiger partial charge is 0.490 e. The normalized spacial score (nSPS) is 10.5. The summed E-state index contributed by atoms with van der Waals surface area (Å²) in [6, 6.07) is 4.79. The number of hydrogen-bond donors (Lipinski definition) is 1. The van der Waals surface area contributed by atoms with Crippen molar-refractivity contribution in [1.82, 2.24) is 5.32 Å². The smallest absolute Gasteiger partial charge is 0.183 e. The molecule has 0 amide bonds. The highest BCUT2D eigenvalue weighted by atomic mass is 35.5. The zero-order valence-electron chi connectivity index (χ0n) is 10.1. The molecule has 1 aromatic rings. The molecule has 0 heterocycles. The third-order valence-electron chi connectivity index (χ3n) is 2.35. The second-order valence-corrected chi connectivity index (χ2v) is 4.26. The zero-order valence-corrected chi connectivity index (χ0v) is 10.9. The third kappa shape index (κ3) is 5.37. The lowest BCUT2D eigenvalue weighted by atomic mass is 10.3. The first-order valence-electron chi connectivity index (χ1n) is 6.03. The molecule has 0 aliphatic carbocycles. The van der Waals surface area contributed by atoms with Gasteiger partial charge in [-0.2, -0.15) is 0 Å². The summed E-state index contributed by atoms with van der Waals surface area (Å²) in [4.78, 5) is 0. The Bertz CT molecular complexity index is 333. The maximum atomic E-state index is 13.4. The number of ether oxygens (including phenoxy) is 1. The lowest BCUT2D eigenvalue weighted by Gasteiger charge is -2.08. The molecule has 0 spiro atoms. The van der Waals surface area contributed by atoms with Gasteiger partial charge in [-0.15, -0.1) is 0 Å². The van der Waals surface area contributed by atoms with Gasteiger partial charge in [-0.05, 0) is 44.5 Å².